The highest BCUT2D eigenvalue weighted by molar-refractivity contribution is 7.89. The minimum atomic E-state index is -3.76. The van der Waals surface area contributed by atoms with Crippen LogP contribution in [0.1, 0.15) is 13.3 Å². The molecule has 0 heterocycles. The lowest BCUT2D eigenvalue weighted by Crippen LogP contribution is -2.37. The summed E-state index contributed by atoms with van der Waals surface area (Å²) >= 11 is 11.6. The molecule has 1 rings (SSSR count). The first-order chi connectivity index (χ1) is 7.92. The molecule has 0 unspecified atom stereocenters. The van der Waals surface area contributed by atoms with Crippen molar-refractivity contribution in [3.63, 3.8) is 0 Å². The predicted molar refractivity (Wildman–Crippen MR) is 67.9 cm³/mol. The van der Waals surface area contributed by atoms with E-state index in [0.29, 0.717) is 6.42 Å². The third kappa shape index (κ3) is 3.56. The van der Waals surface area contributed by atoms with Gasteiger partial charge in [-0.1, -0.05) is 36.2 Å². The topological polar surface area (TPSA) is 66.4 Å². The number of rotatable bonds is 5. The molecule has 0 fully saturated rings. The van der Waals surface area contributed by atoms with Gasteiger partial charge < -0.3 is 5.11 Å². The number of halogens is 2. The number of sulfonamides is 1. The first-order valence-corrected chi connectivity index (χ1v) is 7.23. The first kappa shape index (κ1) is 14.7. The van der Waals surface area contributed by atoms with Gasteiger partial charge in [-0.25, -0.2) is 13.1 Å². The molecule has 0 saturated heterocycles. The fourth-order valence-corrected chi connectivity index (χ4v) is 3.30. The molecule has 0 saturated carbocycles. The molecule has 96 valence electrons. The summed E-state index contributed by atoms with van der Waals surface area (Å²) in [5.41, 5.74) is 0. The SMILES string of the molecule is CC[C@@H](CO)NS(=O)(=O)c1cccc(Cl)c1Cl. The monoisotopic (exact) mass is 297 g/mol. The highest BCUT2D eigenvalue weighted by Crippen LogP contribution is 2.28. The Morgan fingerprint density at radius 1 is 1.41 bits per heavy atom. The Labute approximate surface area is 111 Å². The van der Waals surface area contributed by atoms with Crippen molar-refractivity contribution in [3.05, 3.63) is 28.2 Å². The van der Waals surface area contributed by atoms with Crippen molar-refractivity contribution < 1.29 is 13.5 Å². The van der Waals surface area contributed by atoms with Gasteiger partial charge in [-0.2, -0.15) is 0 Å². The molecule has 2 N–H and O–H groups in total. The number of aliphatic hydroxyl groups is 1. The van der Waals surface area contributed by atoms with E-state index in [4.69, 9.17) is 28.3 Å². The van der Waals surface area contributed by atoms with Crippen molar-refractivity contribution in [2.45, 2.75) is 24.3 Å². The van der Waals surface area contributed by atoms with Crippen LogP contribution in [0.15, 0.2) is 23.1 Å². The Kier molecular flexibility index (Phi) is 5.22. The molecular formula is C10H13Cl2NO3S. The van der Waals surface area contributed by atoms with E-state index in [1.54, 1.807) is 6.92 Å². The highest BCUT2D eigenvalue weighted by atomic mass is 35.5. The van der Waals surface area contributed by atoms with Crippen LogP contribution in [0.2, 0.25) is 10.0 Å². The molecule has 1 aromatic rings. The fraction of sp³-hybridized carbons (Fsp3) is 0.400. The van der Waals surface area contributed by atoms with Crippen LogP contribution >= 0.6 is 23.2 Å². The van der Waals surface area contributed by atoms with Crippen molar-refractivity contribution in [2.24, 2.45) is 0 Å². The summed E-state index contributed by atoms with van der Waals surface area (Å²) in [7, 11) is -3.76. The maximum absolute atomic E-state index is 12.0. The second-order valence-electron chi connectivity index (χ2n) is 3.46. The zero-order valence-electron chi connectivity index (χ0n) is 9.15. The van der Waals surface area contributed by atoms with E-state index in [0.717, 1.165) is 0 Å². The molecule has 0 aliphatic rings. The number of aliphatic hydroxyl groups excluding tert-OH is 1. The summed E-state index contributed by atoms with van der Waals surface area (Å²) in [6.07, 6.45) is 0.480. The van der Waals surface area contributed by atoms with Gasteiger partial charge in [0.1, 0.15) is 4.90 Å². The van der Waals surface area contributed by atoms with E-state index in [-0.39, 0.29) is 21.5 Å². The molecule has 4 nitrogen and oxygen atoms in total. The third-order valence-corrected chi connectivity index (χ3v) is 4.73. The lowest BCUT2D eigenvalue weighted by Gasteiger charge is -2.15. The van der Waals surface area contributed by atoms with Crippen LogP contribution < -0.4 is 4.72 Å². The summed E-state index contributed by atoms with van der Waals surface area (Å²) in [6, 6.07) is 3.84. The Hall–Kier alpha value is -0.330. The van der Waals surface area contributed by atoms with Crippen molar-refractivity contribution >= 4 is 33.2 Å². The minimum Gasteiger partial charge on any atom is -0.395 e. The molecule has 0 spiro atoms. The third-order valence-electron chi connectivity index (χ3n) is 2.24. The highest BCUT2D eigenvalue weighted by Gasteiger charge is 2.22. The van der Waals surface area contributed by atoms with Gasteiger partial charge in [0.15, 0.2) is 0 Å². The molecule has 7 heteroatoms. The molecule has 0 bridgehead atoms. The van der Waals surface area contributed by atoms with Crippen molar-refractivity contribution in [1.29, 1.82) is 0 Å². The Balaban J connectivity index is 3.09. The molecule has 1 atom stereocenters. The maximum Gasteiger partial charge on any atom is 0.242 e. The van der Waals surface area contributed by atoms with Gasteiger partial charge in [-0.15, -0.1) is 0 Å². The van der Waals surface area contributed by atoms with Gasteiger partial charge in [-0.3, -0.25) is 0 Å². The normalized spacial score (nSPS) is 13.6. The smallest absolute Gasteiger partial charge is 0.242 e. The summed E-state index contributed by atoms with van der Waals surface area (Å²) in [5.74, 6) is 0. The van der Waals surface area contributed by atoms with Crippen molar-refractivity contribution in [3.8, 4) is 0 Å². The minimum absolute atomic E-state index is 0.0190. The number of hydrogen-bond acceptors (Lipinski definition) is 3. The van der Waals surface area contributed by atoms with E-state index in [9.17, 15) is 8.42 Å². The molecule has 17 heavy (non-hydrogen) atoms. The van der Waals surface area contributed by atoms with Gasteiger partial charge in [0.25, 0.3) is 0 Å². The van der Waals surface area contributed by atoms with Crippen LogP contribution in [0, 0.1) is 0 Å². The van der Waals surface area contributed by atoms with Crippen molar-refractivity contribution in [1.82, 2.24) is 4.72 Å². The van der Waals surface area contributed by atoms with Gasteiger partial charge in [-0.05, 0) is 18.6 Å². The van der Waals surface area contributed by atoms with Crippen LogP contribution in [0.5, 0.6) is 0 Å². The largest absolute Gasteiger partial charge is 0.395 e. The van der Waals surface area contributed by atoms with E-state index in [1.807, 2.05) is 0 Å². The molecule has 0 radical (unpaired) electrons. The summed E-state index contributed by atoms with van der Waals surface area (Å²) < 4.78 is 26.3. The Bertz CT molecular complexity index is 486. The number of nitrogens with one attached hydrogen (secondary N) is 1. The van der Waals surface area contributed by atoms with Crippen LogP contribution in [0.3, 0.4) is 0 Å². The van der Waals surface area contributed by atoms with Gasteiger partial charge in [0.05, 0.1) is 16.7 Å². The molecule has 0 aliphatic heterocycles. The molecule has 1 aromatic carbocycles. The maximum atomic E-state index is 12.0. The molecular weight excluding hydrogens is 285 g/mol. The van der Waals surface area contributed by atoms with Gasteiger partial charge >= 0.3 is 0 Å². The van der Waals surface area contributed by atoms with Gasteiger partial charge in [0.2, 0.25) is 10.0 Å². The predicted octanol–water partition coefficient (Wildman–Crippen LogP) is 2.04. The molecule has 0 aromatic heterocycles. The standard InChI is InChI=1S/C10H13Cl2NO3S/c1-2-7(6-14)13-17(15,16)9-5-3-4-8(11)10(9)12/h3-5,7,13-14H,2,6H2,1H3/t7-/m0/s1. The lowest BCUT2D eigenvalue weighted by atomic mass is 10.3. The van der Waals surface area contributed by atoms with Crippen LogP contribution in [-0.4, -0.2) is 26.2 Å². The average molecular weight is 298 g/mol. The van der Waals surface area contributed by atoms with Crippen molar-refractivity contribution in [2.75, 3.05) is 6.61 Å². The van der Waals surface area contributed by atoms with Crippen LogP contribution in [-0.2, 0) is 10.0 Å². The van der Waals surface area contributed by atoms with E-state index >= 15 is 0 Å². The van der Waals surface area contributed by atoms with Crippen LogP contribution in [0.4, 0.5) is 0 Å². The van der Waals surface area contributed by atoms with E-state index < -0.39 is 16.1 Å². The summed E-state index contributed by atoms with van der Waals surface area (Å²) in [4.78, 5) is -0.0847. The lowest BCUT2D eigenvalue weighted by molar-refractivity contribution is 0.254. The number of benzene rings is 1. The second kappa shape index (κ2) is 6.02. The summed E-state index contributed by atoms with van der Waals surface area (Å²) in [5, 5.41) is 9.13. The zero-order chi connectivity index (χ0) is 13.1. The molecule has 0 aliphatic carbocycles. The fourth-order valence-electron chi connectivity index (χ4n) is 1.22. The zero-order valence-corrected chi connectivity index (χ0v) is 11.5. The average Bonchev–Trinajstić information content (AvgIpc) is 2.29. The van der Waals surface area contributed by atoms with E-state index in [2.05, 4.69) is 4.72 Å². The molecule has 0 amide bonds. The first-order valence-electron chi connectivity index (χ1n) is 4.99. The van der Waals surface area contributed by atoms with Gasteiger partial charge in [0, 0.05) is 6.04 Å². The second-order valence-corrected chi connectivity index (χ2v) is 5.93. The number of hydrogen-bond donors (Lipinski definition) is 2. The quantitative estimate of drug-likeness (QED) is 0.874. The van der Waals surface area contributed by atoms with E-state index in [1.165, 1.54) is 18.2 Å². The van der Waals surface area contributed by atoms with Crippen LogP contribution in [0.25, 0.3) is 0 Å². The Morgan fingerprint density at radius 2 is 2.06 bits per heavy atom. The summed E-state index contributed by atoms with van der Waals surface area (Å²) in [6.45, 7) is 1.50. The Morgan fingerprint density at radius 3 is 2.59 bits per heavy atom.